The summed E-state index contributed by atoms with van der Waals surface area (Å²) in [6.07, 6.45) is 1.08. The standard InChI is InChI=1S/C27H28N6O11S3/c28-22-8-4-10-24(47(42,43)44)21(22)16-20(19-7-1-2-9-23(19)46(39,40)41)25-30-26(32-27(31-25)33(11-13-34)12-14-35)29-17-5-3-6-18(15-17)45(36,37)38/h1-10,15-16,34-35H,11-14,28H2,(H,36,37,38)(H,39,40,41)(H,42,43,44)(H,29,30,31,32). The first-order chi connectivity index (χ1) is 22.0. The van der Waals surface area contributed by atoms with Crippen molar-refractivity contribution in [3.63, 3.8) is 0 Å². The molecule has 0 unspecified atom stereocenters. The van der Waals surface area contributed by atoms with Gasteiger partial charge in [-0.25, -0.2) is 0 Å². The lowest BCUT2D eigenvalue weighted by Gasteiger charge is -2.22. The van der Waals surface area contributed by atoms with Crippen LogP contribution in [0.1, 0.15) is 17.0 Å². The summed E-state index contributed by atoms with van der Waals surface area (Å²) in [5, 5.41) is 22.1. The largest absolute Gasteiger partial charge is 0.398 e. The molecule has 0 saturated carbocycles. The molecule has 3 aromatic carbocycles. The highest BCUT2D eigenvalue weighted by atomic mass is 32.2. The van der Waals surface area contributed by atoms with Crippen molar-refractivity contribution < 1.29 is 49.1 Å². The maximum atomic E-state index is 12.5. The van der Waals surface area contributed by atoms with Crippen molar-refractivity contribution in [3.05, 3.63) is 83.7 Å². The lowest BCUT2D eigenvalue weighted by atomic mass is 10.0. The van der Waals surface area contributed by atoms with Crippen LogP contribution in [0.15, 0.2) is 81.4 Å². The normalized spacial score (nSPS) is 12.6. The van der Waals surface area contributed by atoms with Crippen LogP contribution in [0.3, 0.4) is 0 Å². The van der Waals surface area contributed by atoms with Gasteiger partial charge in [-0.05, 0) is 42.5 Å². The summed E-state index contributed by atoms with van der Waals surface area (Å²) in [5.41, 5.74) is 5.19. The van der Waals surface area contributed by atoms with E-state index in [0.29, 0.717) is 0 Å². The molecular formula is C27H28N6O11S3. The van der Waals surface area contributed by atoms with Gasteiger partial charge >= 0.3 is 0 Å². The van der Waals surface area contributed by atoms with E-state index in [-0.39, 0.29) is 58.9 Å². The van der Waals surface area contributed by atoms with Crippen LogP contribution in [-0.4, -0.2) is 90.4 Å². The molecule has 250 valence electrons. The third-order valence-electron chi connectivity index (χ3n) is 6.40. The van der Waals surface area contributed by atoms with Crippen LogP contribution in [0.2, 0.25) is 0 Å². The molecule has 17 nitrogen and oxygen atoms in total. The second kappa shape index (κ2) is 14.1. The minimum absolute atomic E-state index is 0.0592. The zero-order valence-corrected chi connectivity index (χ0v) is 26.5. The third-order valence-corrected chi connectivity index (χ3v) is 9.07. The number of rotatable bonds is 13. The van der Waals surface area contributed by atoms with Crippen molar-refractivity contribution in [2.24, 2.45) is 0 Å². The van der Waals surface area contributed by atoms with Gasteiger partial charge < -0.3 is 26.2 Å². The highest BCUT2D eigenvalue weighted by molar-refractivity contribution is 7.86. The van der Waals surface area contributed by atoms with Gasteiger partial charge in [0, 0.05) is 41.2 Å². The smallest absolute Gasteiger partial charge is 0.295 e. The van der Waals surface area contributed by atoms with Crippen molar-refractivity contribution in [1.29, 1.82) is 0 Å². The first-order valence-corrected chi connectivity index (χ1v) is 17.6. The van der Waals surface area contributed by atoms with Gasteiger partial charge in [-0.3, -0.25) is 13.7 Å². The molecule has 4 aromatic rings. The van der Waals surface area contributed by atoms with Crippen LogP contribution >= 0.6 is 0 Å². The Balaban J connectivity index is 2.10. The molecule has 47 heavy (non-hydrogen) atoms. The monoisotopic (exact) mass is 708 g/mol. The Morgan fingerprint density at radius 2 is 1.38 bits per heavy atom. The SMILES string of the molecule is Nc1cccc(S(=O)(=O)O)c1C=C(c1nc(Nc2cccc(S(=O)(=O)O)c2)nc(N(CCO)CCO)n1)c1ccccc1S(=O)(=O)O. The number of nitrogens with two attached hydrogens (primary N) is 1. The molecule has 0 saturated heterocycles. The predicted octanol–water partition coefficient (Wildman–Crippen LogP) is 1.32. The maximum absolute atomic E-state index is 12.5. The van der Waals surface area contributed by atoms with Crippen molar-refractivity contribution in [3.8, 4) is 0 Å². The van der Waals surface area contributed by atoms with E-state index in [1.54, 1.807) is 0 Å². The van der Waals surface area contributed by atoms with Gasteiger partial charge in [0.05, 0.1) is 18.1 Å². The van der Waals surface area contributed by atoms with Gasteiger partial charge in [-0.1, -0.05) is 30.3 Å². The van der Waals surface area contributed by atoms with Crippen LogP contribution in [0.5, 0.6) is 0 Å². The van der Waals surface area contributed by atoms with Crippen LogP contribution in [0, 0.1) is 0 Å². The minimum Gasteiger partial charge on any atom is -0.398 e. The van der Waals surface area contributed by atoms with Crippen LogP contribution in [0.4, 0.5) is 23.3 Å². The fraction of sp³-hybridized carbons (Fsp3) is 0.148. The second-order valence-electron chi connectivity index (χ2n) is 9.61. The van der Waals surface area contributed by atoms with E-state index in [9.17, 15) is 49.1 Å². The Hall–Kier alpha value is -4.54. The van der Waals surface area contributed by atoms with Crippen molar-refractivity contribution >= 4 is 65.3 Å². The topological polar surface area (TPSA) is 284 Å². The number of aromatic nitrogens is 3. The van der Waals surface area contributed by atoms with Crippen LogP contribution in [0.25, 0.3) is 11.6 Å². The maximum Gasteiger partial charge on any atom is 0.295 e. The summed E-state index contributed by atoms with van der Waals surface area (Å²) in [6.45, 7) is -1.07. The van der Waals surface area contributed by atoms with Crippen molar-refractivity contribution in [2.45, 2.75) is 14.7 Å². The molecule has 0 aliphatic heterocycles. The van der Waals surface area contributed by atoms with E-state index >= 15 is 0 Å². The zero-order valence-electron chi connectivity index (χ0n) is 24.0. The lowest BCUT2D eigenvalue weighted by molar-refractivity contribution is 0.280. The summed E-state index contributed by atoms with van der Waals surface area (Å²) in [6, 6.07) is 13.5. The Kier molecular flexibility index (Phi) is 10.6. The molecule has 4 rings (SSSR count). The van der Waals surface area contributed by atoms with E-state index in [0.717, 1.165) is 30.3 Å². The number of benzene rings is 3. The summed E-state index contributed by atoms with van der Waals surface area (Å²) in [7, 11) is -14.4. The molecular weight excluding hydrogens is 681 g/mol. The molecule has 1 heterocycles. The van der Waals surface area contributed by atoms with Gasteiger partial charge in [0.15, 0.2) is 5.82 Å². The molecule has 0 atom stereocenters. The van der Waals surface area contributed by atoms with Crippen molar-refractivity contribution in [1.82, 2.24) is 15.0 Å². The quantitative estimate of drug-likeness (QED) is 0.0585. The molecule has 0 aliphatic carbocycles. The molecule has 8 N–H and O–H groups in total. The first kappa shape index (κ1) is 35.3. The highest BCUT2D eigenvalue weighted by Gasteiger charge is 2.25. The molecule has 1 aromatic heterocycles. The van der Waals surface area contributed by atoms with E-state index in [1.165, 1.54) is 47.4 Å². The fourth-order valence-corrected chi connectivity index (χ4v) is 6.30. The van der Waals surface area contributed by atoms with Crippen molar-refractivity contribution in [2.75, 3.05) is 42.3 Å². The Morgan fingerprint density at radius 3 is 2.00 bits per heavy atom. The Morgan fingerprint density at radius 1 is 0.766 bits per heavy atom. The molecule has 0 aliphatic rings. The molecule has 0 fully saturated rings. The fourth-order valence-electron chi connectivity index (χ4n) is 4.36. The minimum atomic E-state index is -4.93. The number of nitrogen functional groups attached to an aromatic ring is 1. The number of hydrogen-bond donors (Lipinski definition) is 7. The summed E-state index contributed by atoms with van der Waals surface area (Å²) in [5.74, 6) is -0.868. The number of aliphatic hydroxyl groups excluding tert-OH is 2. The number of hydrogen-bond acceptors (Lipinski definition) is 14. The second-order valence-corrected chi connectivity index (χ2v) is 13.8. The van der Waals surface area contributed by atoms with Gasteiger partial charge in [-0.2, -0.15) is 40.2 Å². The Bertz CT molecular complexity index is 2150. The first-order valence-electron chi connectivity index (χ1n) is 13.2. The Labute approximate surface area is 269 Å². The van der Waals surface area contributed by atoms with E-state index < -0.39 is 58.3 Å². The van der Waals surface area contributed by atoms with Crippen LogP contribution < -0.4 is 16.0 Å². The molecule has 0 spiro atoms. The van der Waals surface area contributed by atoms with E-state index in [2.05, 4.69) is 20.3 Å². The zero-order chi connectivity index (χ0) is 34.6. The summed E-state index contributed by atoms with van der Waals surface area (Å²) in [4.78, 5) is 12.6. The lowest BCUT2D eigenvalue weighted by Crippen LogP contribution is -2.32. The van der Waals surface area contributed by atoms with Gasteiger partial charge in [-0.15, -0.1) is 0 Å². The predicted molar refractivity (Wildman–Crippen MR) is 170 cm³/mol. The third kappa shape index (κ3) is 8.64. The molecule has 0 amide bonds. The highest BCUT2D eigenvalue weighted by Crippen LogP contribution is 2.34. The number of nitrogens with one attached hydrogen (secondary N) is 1. The van der Waals surface area contributed by atoms with Gasteiger partial charge in [0.2, 0.25) is 11.9 Å². The van der Waals surface area contributed by atoms with Gasteiger partial charge in [0.25, 0.3) is 30.4 Å². The number of anilines is 4. The summed E-state index contributed by atoms with van der Waals surface area (Å²) >= 11 is 0. The number of nitrogens with zero attached hydrogens (tertiary/aromatic N) is 4. The number of aliphatic hydroxyl groups is 2. The summed E-state index contributed by atoms with van der Waals surface area (Å²) < 4.78 is 102. The average molecular weight is 709 g/mol. The van der Waals surface area contributed by atoms with E-state index in [4.69, 9.17) is 5.73 Å². The molecule has 0 radical (unpaired) electrons. The average Bonchev–Trinajstić information content (AvgIpc) is 2.99. The molecule has 20 heteroatoms. The van der Waals surface area contributed by atoms with Crippen LogP contribution in [-0.2, 0) is 30.4 Å². The van der Waals surface area contributed by atoms with E-state index in [1.807, 2.05) is 0 Å². The molecule has 0 bridgehead atoms. The van der Waals surface area contributed by atoms with Gasteiger partial charge in [0.1, 0.15) is 9.79 Å².